The van der Waals surface area contributed by atoms with E-state index in [9.17, 15) is 18.0 Å². The van der Waals surface area contributed by atoms with Crippen LogP contribution in [0, 0.1) is 0 Å². The molecule has 2 rings (SSSR count). The minimum atomic E-state index is -3.78. The van der Waals surface area contributed by atoms with Crippen LogP contribution >= 0.6 is 27.5 Å². The maximum absolute atomic E-state index is 13.3. The lowest BCUT2D eigenvalue weighted by Crippen LogP contribution is -2.51. The van der Waals surface area contributed by atoms with Gasteiger partial charge in [0.05, 0.1) is 11.9 Å². The summed E-state index contributed by atoms with van der Waals surface area (Å²) < 4.78 is 26.7. The van der Waals surface area contributed by atoms with Crippen LogP contribution in [0.2, 0.25) is 5.02 Å². The summed E-state index contributed by atoms with van der Waals surface area (Å²) in [5.74, 6) is -0.825. The maximum atomic E-state index is 13.3. The number of carbonyl (C=O) groups is 2. The van der Waals surface area contributed by atoms with Crippen LogP contribution in [0.3, 0.4) is 0 Å². The number of hydrogen-bond donors (Lipinski definition) is 1. The highest BCUT2D eigenvalue weighted by molar-refractivity contribution is 9.10. The van der Waals surface area contributed by atoms with Crippen molar-refractivity contribution in [3.63, 3.8) is 0 Å². The van der Waals surface area contributed by atoms with Crippen LogP contribution in [0.25, 0.3) is 0 Å². The van der Waals surface area contributed by atoms with E-state index in [1.807, 2.05) is 24.3 Å². The van der Waals surface area contributed by atoms with E-state index in [1.54, 1.807) is 32.0 Å². The number of amides is 2. The molecule has 0 aromatic heterocycles. The third-order valence-corrected chi connectivity index (χ3v) is 6.46. The summed E-state index contributed by atoms with van der Waals surface area (Å²) in [7, 11) is -3.78. The fraction of sp³-hybridized carbons (Fsp3) is 0.333. The fourth-order valence-corrected chi connectivity index (χ4v) is 4.23. The lowest BCUT2D eigenvalue weighted by atomic mass is 10.1. The van der Waals surface area contributed by atoms with E-state index in [0.29, 0.717) is 11.6 Å². The molecular weight excluding hydrogens is 506 g/mol. The average molecular weight is 531 g/mol. The topological polar surface area (TPSA) is 86.8 Å². The molecule has 0 fully saturated rings. The molecule has 0 saturated carbocycles. The molecule has 0 aliphatic heterocycles. The Hall–Kier alpha value is -2.10. The molecule has 0 saturated heterocycles. The van der Waals surface area contributed by atoms with Gasteiger partial charge in [0, 0.05) is 22.6 Å². The van der Waals surface area contributed by atoms with Gasteiger partial charge in [0.2, 0.25) is 21.8 Å². The minimum absolute atomic E-state index is 0.150. The Bertz CT molecular complexity index is 1030. The highest BCUT2D eigenvalue weighted by atomic mass is 79.9. The molecule has 168 valence electrons. The largest absolute Gasteiger partial charge is 0.355 e. The number of nitrogens with zero attached hydrogens (tertiary/aromatic N) is 2. The van der Waals surface area contributed by atoms with E-state index in [2.05, 4.69) is 21.2 Å². The summed E-state index contributed by atoms with van der Waals surface area (Å²) in [6, 6.07) is 12.8. The van der Waals surface area contributed by atoms with Crippen LogP contribution in [0.4, 0.5) is 5.69 Å². The zero-order valence-electron chi connectivity index (χ0n) is 17.5. The first-order chi connectivity index (χ1) is 14.5. The van der Waals surface area contributed by atoms with Crippen LogP contribution in [0.5, 0.6) is 0 Å². The average Bonchev–Trinajstić information content (AvgIpc) is 2.70. The Labute approximate surface area is 196 Å². The van der Waals surface area contributed by atoms with E-state index >= 15 is 0 Å². The molecule has 2 aromatic carbocycles. The first-order valence-corrected chi connectivity index (χ1v) is 12.6. The standard InChI is InChI=1S/C21H25BrClN3O4S/c1-4-24-21(28)15(2)25(13-16-8-10-17(22)11-9-16)20(27)14-26(31(3,29)30)19-7-5-6-18(23)12-19/h5-12,15H,4,13-14H2,1-3H3,(H,24,28). The molecule has 2 amide bonds. The van der Waals surface area contributed by atoms with Crippen molar-refractivity contribution in [2.24, 2.45) is 0 Å². The predicted molar refractivity (Wildman–Crippen MR) is 126 cm³/mol. The van der Waals surface area contributed by atoms with Gasteiger partial charge in [0.15, 0.2) is 0 Å². The second-order valence-electron chi connectivity index (χ2n) is 6.97. The lowest BCUT2D eigenvalue weighted by Gasteiger charge is -2.31. The molecule has 0 aliphatic rings. The Morgan fingerprint density at radius 1 is 1.16 bits per heavy atom. The van der Waals surface area contributed by atoms with Gasteiger partial charge in [-0.1, -0.05) is 45.7 Å². The number of halogens is 2. The van der Waals surface area contributed by atoms with E-state index in [0.717, 1.165) is 20.6 Å². The molecule has 0 spiro atoms. The van der Waals surface area contributed by atoms with E-state index in [-0.39, 0.29) is 18.1 Å². The molecule has 31 heavy (non-hydrogen) atoms. The summed E-state index contributed by atoms with van der Waals surface area (Å²) >= 11 is 9.38. The minimum Gasteiger partial charge on any atom is -0.355 e. The first kappa shape index (κ1) is 25.2. The van der Waals surface area contributed by atoms with Crippen molar-refractivity contribution in [1.82, 2.24) is 10.2 Å². The second kappa shape index (κ2) is 11.0. The molecule has 10 heteroatoms. The van der Waals surface area contributed by atoms with Crippen LogP contribution < -0.4 is 9.62 Å². The Morgan fingerprint density at radius 3 is 2.35 bits per heavy atom. The predicted octanol–water partition coefficient (Wildman–Crippen LogP) is 3.42. The second-order valence-corrected chi connectivity index (χ2v) is 10.2. The molecule has 0 bridgehead atoms. The number of benzene rings is 2. The van der Waals surface area contributed by atoms with Crippen LogP contribution in [0.15, 0.2) is 53.0 Å². The van der Waals surface area contributed by atoms with Crippen molar-refractivity contribution in [2.45, 2.75) is 26.4 Å². The van der Waals surface area contributed by atoms with Gasteiger partial charge in [-0.3, -0.25) is 13.9 Å². The summed E-state index contributed by atoms with van der Waals surface area (Å²) in [5, 5.41) is 3.06. The van der Waals surface area contributed by atoms with E-state index < -0.39 is 28.5 Å². The normalized spacial score (nSPS) is 12.2. The number of sulfonamides is 1. The van der Waals surface area contributed by atoms with Crippen molar-refractivity contribution in [2.75, 3.05) is 23.7 Å². The zero-order chi connectivity index (χ0) is 23.2. The van der Waals surface area contributed by atoms with Gasteiger partial charge in [-0.25, -0.2) is 8.42 Å². The van der Waals surface area contributed by atoms with Gasteiger partial charge in [-0.15, -0.1) is 0 Å². The maximum Gasteiger partial charge on any atom is 0.244 e. The number of anilines is 1. The van der Waals surface area contributed by atoms with Crippen molar-refractivity contribution in [3.8, 4) is 0 Å². The van der Waals surface area contributed by atoms with Gasteiger partial charge in [-0.2, -0.15) is 0 Å². The number of hydrogen-bond acceptors (Lipinski definition) is 4. The third-order valence-electron chi connectivity index (χ3n) is 4.56. The highest BCUT2D eigenvalue weighted by Gasteiger charge is 2.29. The number of likely N-dealkylation sites (N-methyl/N-ethyl adjacent to an activating group) is 1. The Balaban J connectivity index is 2.37. The molecule has 0 heterocycles. The van der Waals surface area contributed by atoms with Crippen molar-refractivity contribution in [3.05, 3.63) is 63.6 Å². The van der Waals surface area contributed by atoms with Gasteiger partial charge >= 0.3 is 0 Å². The summed E-state index contributed by atoms with van der Waals surface area (Å²) in [5.41, 5.74) is 1.08. The monoisotopic (exact) mass is 529 g/mol. The highest BCUT2D eigenvalue weighted by Crippen LogP contribution is 2.22. The van der Waals surface area contributed by atoms with E-state index in [1.165, 1.54) is 11.0 Å². The summed E-state index contributed by atoms with van der Waals surface area (Å²) in [6.45, 7) is 3.51. The van der Waals surface area contributed by atoms with Crippen LogP contribution in [-0.2, 0) is 26.2 Å². The lowest BCUT2D eigenvalue weighted by molar-refractivity contribution is -0.139. The van der Waals surface area contributed by atoms with Crippen LogP contribution in [-0.4, -0.2) is 50.5 Å². The first-order valence-electron chi connectivity index (χ1n) is 9.57. The molecular formula is C21H25BrClN3O4S. The van der Waals surface area contributed by atoms with Gasteiger partial charge < -0.3 is 10.2 Å². The summed E-state index contributed by atoms with van der Waals surface area (Å²) in [6.07, 6.45) is 1.02. The SMILES string of the molecule is CCNC(=O)C(C)N(Cc1ccc(Br)cc1)C(=O)CN(c1cccc(Cl)c1)S(C)(=O)=O. The van der Waals surface area contributed by atoms with Crippen LogP contribution in [0.1, 0.15) is 19.4 Å². The number of carbonyl (C=O) groups excluding carboxylic acids is 2. The zero-order valence-corrected chi connectivity index (χ0v) is 20.7. The molecule has 1 unspecified atom stereocenters. The van der Waals surface area contributed by atoms with Crippen molar-refractivity contribution in [1.29, 1.82) is 0 Å². The quantitative estimate of drug-likeness (QED) is 0.538. The molecule has 1 N–H and O–H groups in total. The van der Waals surface area contributed by atoms with Crippen molar-refractivity contribution >= 4 is 55.1 Å². The number of rotatable bonds is 9. The third kappa shape index (κ3) is 7.22. The smallest absolute Gasteiger partial charge is 0.244 e. The Morgan fingerprint density at radius 2 is 1.81 bits per heavy atom. The van der Waals surface area contributed by atoms with Crippen molar-refractivity contribution < 1.29 is 18.0 Å². The van der Waals surface area contributed by atoms with Gasteiger partial charge in [0.1, 0.15) is 12.6 Å². The number of nitrogens with one attached hydrogen (secondary N) is 1. The van der Waals surface area contributed by atoms with Gasteiger partial charge in [0.25, 0.3) is 0 Å². The Kier molecular flexibility index (Phi) is 8.90. The molecule has 7 nitrogen and oxygen atoms in total. The summed E-state index contributed by atoms with van der Waals surface area (Å²) in [4.78, 5) is 27.1. The molecule has 0 radical (unpaired) electrons. The molecule has 0 aliphatic carbocycles. The van der Waals surface area contributed by atoms with E-state index in [4.69, 9.17) is 11.6 Å². The fourth-order valence-electron chi connectivity index (χ4n) is 2.94. The van der Waals surface area contributed by atoms with Gasteiger partial charge in [-0.05, 0) is 49.7 Å². The molecule has 2 aromatic rings. The molecule has 1 atom stereocenters.